The van der Waals surface area contributed by atoms with Gasteiger partial charge >= 0.3 is 17.9 Å². The molecule has 0 bridgehead atoms. The van der Waals surface area contributed by atoms with Gasteiger partial charge in [-0.25, -0.2) is 9.79 Å². The van der Waals surface area contributed by atoms with Gasteiger partial charge in [0.25, 0.3) is 5.56 Å². The molecule has 2 aromatic carbocycles. The van der Waals surface area contributed by atoms with Crippen LogP contribution < -0.4 is 24.4 Å². The first kappa shape index (κ1) is 26.5. The third kappa shape index (κ3) is 5.55. The number of hydrogen-bond donors (Lipinski definition) is 0. The smallest absolute Gasteiger partial charge is 0.338 e. The summed E-state index contributed by atoms with van der Waals surface area (Å²) in [5.74, 6) is -0.942. The molecule has 1 atom stereocenters. The molecule has 38 heavy (non-hydrogen) atoms. The van der Waals surface area contributed by atoms with E-state index in [-0.39, 0.29) is 17.7 Å². The zero-order valence-corrected chi connectivity index (χ0v) is 21.7. The van der Waals surface area contributed by atoms with Crippen LogP contribution in [-0.4, -0.2) is 29.1 Å². The Morgan fingerprint density at radius 3 is 2.39 bits per heavy atom. The van der Waals surface area contributed by atoms with Gasteiger partial charge in [0, 0.05) is 19.4 Å². The topological polar surface area (TPSA) is 113 Å². The van der Waals surface area contributed by atoms with Crippen LogP contribution in [0.2, 0.25) is 0 Å². The maximum Gasteiger partial charge on any atom is 0.338 e. The van der Waals surface area contributed by atoms with E-state index < -0.39 is 23.9 Å². The van der Waals surface area contributed by atoms with Crippen molar-refractivity contribution in [1.29, 1.82) is 0 Å². The van der Waals surface area contributed by atoms with E-state index in [0.29, 0.717) is 37.7 Å². The molecule has 2 heterocycles. The van der Waals surface area contributed by atoms with E-state index in [2.05, 4.69) is 11.6 Å². The Labute approximate surface area is 221 Å². The number of allylic oxidation sites excluding steroid dienone is 1. The van der Waals surface area contributed by atoms with Crippen LogP contribution in [0.25, 0.3) is 6.08 Å². The van der Waals surface area contributed by atoms with Crippen LogP contribution in [0, 0.1) is 0 Å². The zero-order chi connectivity index (χ0) is 27.4. The minimum Gasteiger partial charge on any atom is -0.458 e. The molecule has 0 saturated carbocycles. The lowest BCUT2D eigenvalue weighted by Crippen LogP contribution is -2.39. The fourth-order valence-electron chi connectivity index (χ4n) is 3.98. The third-order valence-electron chi connectivity index (χ3n) is 5.49. The molecule has 0 radical (unpaired) electrons. The number of rotatable bonds is 7. The lowest BCUT2D eigenvalue weighted by atomic mass is 9.96. The summed E-state index contributed by atoms with van der Waals surface area (Å²) in [7, 11) is 0. The highest BCUT2D eigenvalue weighted by atomic mass is 32.1. The molecule has 4 rings (SSSR count). The van der Waals surface area contributed by atoms with Crippen LogP contribution >= 0.6 is 11.3 Å². The SMILES string of the molecule is C=CCOC(=O)C1=C(C)N=c2s/c(=C\c3ccccc3OC(C)=O)c(=O)n2[C@H]1c1ccc(OC(C)=O)cc1. The molecule has 1 aliphatic heterocycles. The number of carbonyl (C=O) groups excluding carboxylic acids is 3. The first-order valence-corrected chi connectivity index (χ1v) is 12.4. The van der Waals surface area contributed by atoms with Crippen molar-refractivity contribution in [2.75, 3.05) is 6.61 Å². The van der Waals surface area contributed by atoms with Crippen LogP contribution in [0.1, 0.15) is 37.9 Å². The van der Waals surface area contributed by atoms with Crippen LogP contribution in [0.3, 0.4) is 0 Å². The molecule has 0 fully saturated rings. The molecule has 194 valence electrons. The Kier molecular flexibility index (Phi) is 7.82. The average Bonchev–Trinajstić information content (AvgIpc) is 3.17. The molecule has 9 nitrogen and oxygen atoms in total. The number of benzene rings is 2. The summed E-state index contributed by atoms with van der Waals surface area (Å²) < 4.78 is 17.5. The molecule has 1 aliphatic rings. The Morgan fingerprint density at radius 2 is 1.74 bits per heavy atom. The number of nitrogens with zero attached hydrogens (tertiary/aromatic N) is 2. The molecule has 0 unspecified atom stereocenters. The number of aromatic nitrogens is 1. The van der Waals surface area contributed by atoms with Crippen molar-refractivity contribution in [3.05, 3.63) is 103 Å². The van der Waals surface area contributed by atoms with Crippen LogP contribution in [-0.2, 0) is 19.1 Å². The maximum atomic E-state index is 13.8. The van der Waals surface area contributed by atoms with Crippen LogP contribution in [0.4, 0.5) is 0 Å². The molecule has 0 aliphatic carbocycles. The second-order valence-corrected chi connectivity index (χ2v) is 9.27. The number of carbonyl (C=O) groups is 3. The molecular formula is C28H24N2O7S. The second-order valence-electron chi connectivity index (χ2n) is 8.26. The van der Waals surface area contributed by atoms with Crippen molar-refractivity contribution >= 4 is 35.3 Å². The fraction of sp³-hybridized carbons (Fsp3) is 0.179. The highest BCUT2D eigenvalue weighted by Crippen LogP contribution is 2.31. The largest absolute Gasteiger partial charge is 0.458 e. The molecular weight excluding hydrogens is 508 g/mol. The molecule has 10 heteroatoms. The summed E-state index contributed by atoms with van der Waals surface area (Å²) >= 11 is 1.15. The summed E-state index contributed by atoms with van der Waals surface area (Å²) in [5.41, 5.74) is 1.35. The second kappa shape index (κ2) is 11.2. The minimum absolute atomic E-state index is 0.00885. The molecule has 0 N–H and O–H groups in total. The first-order chi connectivity index (χ1) is 18.2. The molecule has 0 spiro atoms. The summed E-state index contributed by atoms with van der Waals surface area (Å²) in [6.07, 6.45) is 3.07. The predicted octanol–water partition coefficient (Wildman–Crippen LogP) is 2.82. The van der Waals surface area contributed by atoms with Crippen molar-refractivity contribution < 1.29 is 28.6 Å². The highest BCUT2D eigenvalue weighted by Gasteiger charge is 2.33. The van der Waals surface area contributed by atoms with Crippen molar-refractivity contribution in [3.63, 3.8) is 0 Å². The lowest BCUT2D eigenvalue weighted by molar-refractivity contribution is -0.138. The number of thiazole rings is 1. The van der Waals surface area contributed by atoms with Gasteiger partial charge in [-0.1, -0.05) is 54.3 Å². The van der Waals surface area contributed by atoms with Crippen molar-refractivity contribution in [1.82, 2.24) is 4.57 Å². The van der Waals surface area contributed by atoms with Crippen molar-refractivity contribution in [2.24, 2.45) is 4.99 Å². The standard InChI is InChI=1S/C28H24N2O7S/c1-5-14-35-27(34)24-16(2)29-28-30(25(24)19-10-12-21(13-11-19)36-17(3)31)26(33)23(38-28)15-20-8-6-7-9-22(20)37-18(4)32/h5-13,15,25H,1,14H2,2-4H3/b23-15-/t25-/m0/s1. The van der Waals surface area contributed by atoms with Gasteiger partial charge in [-0.15, -0.1) is 0 Å². The van der Waals surface area contributed by atoms with Gasteiger partial charge in [0.05, 0.1) is 21.8 Å². The van der Waals surface area contributed by atoms with E-state index in [4.69, 9.17) is 14.2 Å². The summed E-state index contributed by atoms with van der Waals surface area (Å²) in [5, 5.41) is 0. The average molecular weight is 533 g/mol. The third-order valence-corrected chi connectivity index (χ3v) is 6.47. The number of fused-ring (bicyclic) bond motifs is 1. The number of esters is 3. The Bertz CT molecular complexity index is 1650. The van der Waals surface area contributed by atoms with E-state index in [1.165, 1.54) is 24.5 Å². The Morgan fingerprint density at radius 1 is 1.05 bits per heavy atom. The molecule has 3 aromatic rings. The van der Waals surface area contributed by atoms with Gasteiger partial charge in [-0.3, -0.25) is 19.0 Å². The zero-order valence-electron chi connectivity index (χ0n) is 20.9. The maximum absolute atomic E-state index is 13.8. The Balaban J connectivity index is 1.90. The van der Waals surface area contributed by atoms with Crippen molar-refractivity contribution in [3.8, 4) is 11.5 Å². The molecule has 0 amide bonds. The predicted molar refractivity (Wildman–Crippen MR) is 140 cm³/mol. The molecule has 1 aromatic heterocycles. The number of ether oxygens (including phenoxy) is 3. The molecule has 0 saturated heterocycles. The monoisotopic (exact) mass is 532 g/mol. The first-order valence-electron chi connectivity index (χ1n) is 11.6. The lowest BCUT2D eigenvalue weighted by Gasteiger charge is -2.24. The van der Waals surface area contributed by atoms with Gasteiger partial charge in [-0.2, -0.15) is 0 Å². The quantitative estimate of drug-likeness (QED) is 0.261. The van der Waals surface area contributed by atoms with Crippen molar-refractivity contribution in [2.45, 2.75) is 26.8 Å². The van der Waals surface area contributed by atoms with E-state index in [1.54, 1.807) is 61.5 Å². The van der Waals surface area contributed by atoms with Gasteiger partial charge in [0.15, 0.2) is 4.80 Å². The summed E-state index contributed by atoms with van der Waals surface area (Å²) in [4.78, 5) is 54.7. The highest BCUT2D eigenvalue weighted by molar-refractivity contribution is 7.07. The van der Waals surface area contributed by atoms with Gasteiger partial charge in [0.1, 0.15) is 18.1 Å². The number of para-hydroxylation sites is 1. The van der Waals surface area contributed by atoms with E-state index in [0.717, 1.165) is 11.3 Å². The number of hydrogen-bond acceptors (Lipinski definition) is 9. The summed E-state index contributed by atoms with van der Waals surface area (Å²) in [6.45, 7) is 7.84. The normalized spacial score (nSPS) is 14.8. The van der Waals surface area contributed by atoms with Gasteiger partial charge in [-0.05, 0) is 36.8 Å². The Hall–Kier alpha value is -4.57. The fourth-order valence-corrected chi connectivity index (χ4v) is 5.02. The minimum atomic E-state index is -0.846. The van der Waals surface area contributed by atoms with Gasteiger partial charge in [0.2, 0.25) is 0 Å². The van der Waals surface area contributed by atoms with E-state index in [9.17, 15) is 19.2 Å². The van der Waals surface area contributed by atoms with Crippen LogP contribution in [0.15, 0.2) is 82.2 Å². The van der Waals surface area contributed by atoms with E-state index in [1.807, 2.05) is 0 Å². The van der Waals surface area contributed by atoms with Gasteiger partial charge < -0.3 is 14.2 Å². The van der Waals surface area contributed by atoms with Crippen LogP contribution in [0.5, 0.6) is 11.5 Å². The summed E-state index contributed by atoms with van der Waals surface area (Å²) in [6, 6.07) is 12.5. The van der Waals surface area contributed by atoms with E-state index >= 15 is 0 Å².